The van der Waals surface area contributed by atoms with Gasteiger partial charge in [0.05, 0.1) is 56.3 Å². The van der Waals surface area contributed by atoms with E-state index in [1.165, 1.54) is 131 Å². The lowest BCUT2D eigenvalue weighted by Gasteiger charge is -2.11. The number of hydrogen-bond acceptors (Lipinski definition) is 12. The second kappa shape index (κ2) is 58.2. The summed E-state index contributed by atoms with van der Waals surface area (Å²) in [6, 6.07) is 51.1. The third-order valence-corrected chi connectivity index (χ3v) is 21.7. The lowest BCUT2D eigenvalue weighted by atomic mass is 10.00. The van der Waals surface area contributed by atoms with Crippen molar-refractivity contribution in [3.05, 3.63) is 231 Å². The molecule has 0 aliphatic rings. The molecule has 7 rings (SSSR count). The molecule has 0 aliphatic carbocycles. The highest BCUT2D eigenvalue weighted by molar-refractivity contribution is 6.10. The van der Waals surface area contributed by atoms with Crippen LogP contribution < -0.4 is 14.2 Å². The maximum Gasteiger partial charge on any atom is 0.338 e. The zero-order valence-corrected chi connectivity index (χ0v) is 70.0. The number of carbonyl (C=O) groups is 6. The van der Waals surface area contributed by atoms with Crippen LogP contribution in [-0.4, -0.2) is 74.9 Å². The highest BCUT2D eigenvalue weighted by Gasteiger charge is 2.21. The van der Waals surface area contributed by atoms with Crippen molar-refractivity contribution < 1.29 is 57.2 Å². The highest BCUT2D eigenvalue weighted by atomic mass is 16.5. The number of benzene rings is 7. The molecule has 0 spiro atoms. The van der Waals surface area contributed by atoms with Crippen molar-refractivity contribution in [3.8, 4) is 17.2 Å². The van der Waals surface area contributed by atoms with E-state index >= 15 is 0 Å². The molecule has 0 heterocycles. The van der Waals surface area contributed by atoms with E-state index in [-0.39, 0.29) is 53.9 Å². The van der Waals surface area contributed by atoms with E-state index in [0.717, 1.165) is 191 Å². The molecule has 0 unspecified atom stereocenters. The summed E-state index contributed by atoms with van der Waals surface area (Å²) < 4.78 is 35.2. The van der Waals surface area contributed by atoms with E-state index in [2.05, 4.69) is 57.2 Å². The SMILES string of the molecule is CCCCCCCc1ccc(C(=O)c2ccc(OCCCCCCCCCCCOC(=O)c3cc(C(=O)OCCCCCCCCCCCOc4ccc(C(=O)c5ccc(CCCCCCC)cc5)cc4)cc(C(=O)OCCCCCCCCCCCOc4ccc(C(=O)c5ccc(CCCCCCC)cc5)cc4)c3)cc2)cc1. The zero-order valence-electron chi connectivity index (χ0n) is 70.0. The third kappa shape index (κ3) is 38.2. The lowest BCUT2D eigenvalue weighted by Crippen LogP contribution is -2.14. The average molecular weight is 1560 g/mol. The van der Waals surface area contributed by atoms with Gasteiger partial charge >= 0.3 is 17.9 Å². The zero-order chi connectivity index (χ0) is 80.5. The number of carbonyl (C=O) groups excluding carboxylic acids is 6. The Balaban J connectivity index is 0.736. The maximum absolute atomic E-state index is 13.6. The summed E-state index contributed by atoms with van der Waals surface area (Å²) in [5.41, 5.74) is 8.33. The van der Waals surface area contributed by atoms with Crippen LogP contribution in [0.3, 0.4) is 0 Å². The maximum atomic E-state index is 13.6. The molecule has 0 aromatic heterocycles. The smallest absolute Gasteiger partial charge is 0.338 e. The van der Waals surface area contributed by atoms with Gasteiger partial charge in [-0.25, -0.2) is 14.4 Å². The first kappa shape index (κ1) is 92.5. The largest absolute Gasteiger partial charge is 0.494 e. The van der Waals surface area contributed by atoms with Gasteiger partial charge in [-0.1, -0.05) is 305 Å². The van der Waals surface area contributed by atoms with Crippen LogP contribution in [0.4, 0.5) is 0 Å². The van der Waals surface area contributed by atoms with Crippen LogP contribution in [0.2, 0.25) is 0 Å². The van der Waals surface area contributed by atoms with Crippen LogP contribution in [-0.2, 0) is 33.5 Å². The van der Waals surface area contributed by atoms with Crippen LogP contribution in [0.1, 0.15) is 386 Å². The summed E-state index contributed by atoms with van der Waals surface area (Å²) in [7, 11) is 0. The number of rotatable bonds is 66. The monoisotopic (exact) mass is 1560 g/mol. The number of hydrogen-bond donors (Lipinski definition) is 0. The molecule has 114 heavy (non-hydrogen) atoms. The van der Waals surface area contributed by atoms with E-state index in [1.807, 2.05) is 109 Å². The predicted octanol–water partition coefficient (Wildman–Crippen LogP) is 27.2. The molecule has 0 amide bonds. The van der Waals surface area contributed by atoms with Gasteiger partial charge in [0.2, 0.25) is 0 Å². The Morgan fingerprint density at radius 2 is 0.368 bits per heavy atom. The fraction of sp³-hybridized carbons (Fsp3) is 0.529. The Kier molecular flexibility index (Phi) is 47.3. The van der Waals surface area contributed by atoms with E-state index in [1.54, 1.807) is 0 Å². The molecule has 0 N–H and O–H groups in total. The Morgan fingerprint density at radius 1 is 0.193 bits per heavy atom. The molecule has 12 nitrogen and oxygen atoms in total. The average Bonchev–Trinajstić information content (AvgIpc) is 0.850. The number of aryl methyl sites for hydroxylation is 3. The molecule has 12 heteroatoms. The van der Waals surface area contributed by atoms with E-state index in [4.69, 9.17) is 28.4 Å². The molecule has 7 aromatic rings. The van der Waals surface area contributed by atoms with Crippen molar-refractivity contribution in [2.24, 2.45) is 0 Å². The summed E-state index contributed by atoms with van der Waals surface area (Å²) in [5.74, 6) is 0.632. The van der Waals surface area contributed by atoms with Crippen LogP contribution in [0, 0.1) is 0 Å². The van der Waals surface area contributed by atoms with Crippen molar-refractivity contribution in [2.45, 2.75) is 310 Å². The first-order valence-corrected chi connectivity index (χ1v) is 44.8. The van der Waals surface area contributed by atoms with Gasteiger partial charge in [-0.2, -0.15) is 0 Å². The van der Waals surface area contributed by atoms with Crippen LogP contribution in [0.5, 0.6) is 17.2 Å². The molecule has 618 valence electrons. The minimum Gasteiger partial charge on any atom is -0.494 e. The van der Waals surface area contributed by atoms with Crippen molar-refractivity contribution in [3.63, 3.8) is 0 Å². The second-order valence-corrected chi connectivity index (χ2v) is 31.4. The summed E-state index contributed by atoms with van der Waals surface area (Å²) in [5, 5.41) is 0. The molecular formula is C102H138O12. The molecule has 0 saturated carbocycles. The number of unbranched alkanes of at least 4 members (excludes halogenated alkanes) is 36. The second-order valence-electron chi connectivity index (χ2n) is 31.4. The van der Waals surface area contributed by atoms with Gasteiger partial charge in [0.25, 0.3) is 0 Å². The van der Waals surface area contributed by atoms with Crippen molar-refractivity contribution in [2.75, 3.05) is 39.6 Å². The Labute approximate surface area is 685 Å². The van der Waals surface area contributed by atoms with Gasteiger partial charge in [-0.3, -0.25) is 14.4 Å². The molecule has 7 aromatic carbocycles. The molecule has 0 aliphatic heterocycles. The number of ether oxygens (including phenoxy) is 6. The van der Waals surface area contributed by atoms with E-state index in [0.29, 0.717) is 72.5 Å². The quantitative estimate of drug-likeness (QED) is 0.0154. The van der Waals surface area contributed by atoms with Crippen LogP contribution in [0.25, 0.3) is 0 Å². The predicted molar refractivity (Wildman–Crippen MR) is 465 cm³/mol. The summed E-state index contributed by atoms with van der Waals surface area (Å²) in [4.78, 5) is 80.2. The fourth-order valence-electron chi connectivity index (χ4n) is 14.5. The van der Waals surface area contributed by atoms with Crippen LogP contribution in [0.15, 0.2) is 164 Å². The molecule has 0 atom stereocenters. The van der Waals surface area contributed by atoms with Gasteiger partial charge in [0, 0.05) is 33.4 Å². The van der Waals surface area contributed by atoms with Crippen molar-refractivity contribution in [1.82, 2.24) is 0 Å². The van der Waals surface area contributed by atoms with Crippen molar-refractivity contribution >= 4 is 35.3 Å². The highest BCUT2D eigenvalue weighted by Crippen LogP contribution is 2.25. The normalized spacial score (nSPS) is 11.2. The van der Waals surface area contributed by atoms with Crippen molar-refractivity contribution in [1.29, 1.82) is 0 Å². The summed E-state index contributed by atoms with van der Waals surface area (Å²) in [6.07, 6.45) is 49.7. The molecule has 0 fully saturated rings. The minimum absolute atomic E-state index is 0.0271. The van der Waals surface area contributed by atoms with Gasteiger partial charge in [0.1, 0.15) is 17.2 Å². The Hall–Kier alpha value is -8.64. The number of esters is 3. The van der Waals surface area contributed by atoms with Gasteiger partial charge < -0.3 is 28.4 Å². The molecule has 0 saturated heterocycles. The van der Waals surface area contributed by atoms with E-state index < -0.39 is 17.9 Å². The fourth-order valence-corrected chi connectivity index (χ4v) is 14.5. The van der Waals surface area contributed by atoms with Crippen LogP contribution >= 0.6 is 0 Å². The molecule has 0 radical (unpaired) electrons. The topological polar surface area (TPSA) is 158 Å². The molecular weight excluding hydrogens is 1420 g/mol. The standard InChI is InChI=1S/C102H138O12/c1-4-7-10-28-37-46-82-49-55-85(56-50-82)97(103)88-61-67-94(68-62-88)109-73-40-31-22-16-13-19-25-34-43-76-112-100(106)91-79-92(101(107)113-77-44-35-26-20-14-17-23-32-41-74-110-95-69-63-89(64-70-95)98(104)86-57-51-83(52-58-86)47-38-29-11-8-5-2)81-93(80-91)102(108)114-78-45-36-27-21-15-18-24-33-42-75-111-96-71-65-90(66-72-96)99(105)87-59-53-84(54-60-87)48-39-30-12-9-6-3/h49-72,79-81H,4-48,73-78H2,1-3H3. The Bertz CT molecular complexity index is 3360. The number of ketones is 3. The van der Waals surface area contributed by atoms with E-state index in [9.17, 15) is 28.8 Å². The lowest BCUT2D eigenvalue weighted by molar-refractivity contribution is 0.0493. The van der Waals surface area contributed by atoms with Gasteiger partial charge in [-0.05, 0) is 185 Å². The van der Waals surface area contributed by atoms with Gasteiger partial charge in [0.15, 0.2) is 17.3 Å². The molecule has 0 bridgehead atoms. The summed E-state index contributed by atoms with van der Waals surface area (Å²) >= 11 is 0. The third-order valence-electron chi connectivity index (χ3n) is 21.7. The first-order chi connectivity index (χ1) is 56.0. The first-order valence-electron chi connectivity index (χ1n) is 44.8. The summed E-state index contributed by atoms with van der Waals surface area (Å²) in [6.45, 7) is 9.32. The van der Waals surface area contributed by atoms with Gasteiger partial charge in [-0.15, -0.1) is 0 Å². The minimum atomic E-state index is -0.593. The Morgan fingerprint density at radius 3 is 0.579 bits per heavy atom.